The molecule has 0 N–H and O–H groups in total. The average molecular weight is 200 g/mol. The summed E-state index contributed by atoms with van der Waals surface area (Å²) in [6.45, 7) is 1.32. The molecule has 1 fully saturated rings. The first kappa shape index (κ1) is 8.82. The van der Waals surface area contributed by atoms with E-state index in [0.717, 1.165) is 17.3 Å². The van der Waals surface area contributed by atoms with E-state index in [9.17, 15) is 4.39 Å². The van der Waals surface area contributed by atoms with Gasteiger partial charge >= 0.3 is 0 Å². The minimum atomic E-state index is -0.671. The highest BCUT2D eigenvalue weighted by Gasteiger charge is 2.21. The van der Waals surface area contributed by atoms with Crippen molar-refractivity contribution in [3.05, 3.63) is 29.3 Å². The van der Waals surface area contributed by atoms with Crippen LogP contribution in [0.3, 0.4) is 0 Å². The van der Waals surface area contributed by atoms with Crippen LogP contribution in [0, 0.1) is 0 Å². The van der Waals surface area contributed by atoms with Gasteiger partial charge in [-0.25, -0.2) is 4.39 Å². The quantitative estimate of drug-likeness (QED) is 0.672. The maximum Gasteiger partial charge on any atom is 0.119 e. The number of benzene rings is 1. The van der Waals surface area contributed by atoms with Crippen LogP contribution in [0.15, 0.2) is 24.3 Å². The monoisotopic (exact) mass is 199 g/mol. The summed E-state index contributed by atoms with van der Waals surface area (Å²) in [6, 6.07) is 7.53. The molecular weight excluding hydrogens is 189 g/mol. The second kappa shape index (κ2) is 3.54. The molecule has 2 rings (SSSR count). The van der Waals surface area contributed by atoms with Crippen LogP contribution >= 0.6 is 11.6 Å². The number of rotatable bonds is 1. The van der Waals surface area contributed by atoms with Gasteiger partial charge in [-0.2, -0.15) is 0 Å². The zero-order chi connectivity index (χ0) is 9.26. The number of nitrogens with zero attached hydrogens (tertiary/aromatic N) is 1. The van der Waals surface area contributed by atoms with Crippen molar-refractivity contribution in [1.82, 2.24) is 0 Å². The Kier molecular flexibility index (Phi) is 2.40. The lowest BCUT2D eigenvalue weighted by atomic mass is 10.3. The summed E-state index contributed by atoms with van der Waals surface area (Å²) in [5.41, 5.74) is 1.06. The summed E-state index contributed by atoms with van der Waals surface area (Å²) >= 11 is 5.75. The van der Waals surface area contributed by atoms with E-state index in [-0.39, 0.29) is 0 Å². The van der Waals surface area contributed by atoms with Gasteiger partial charge in [-0.3, -0.25) is 0 Å². The second-order valence-corrected chi connectivity index (χ2v) is 3.74. The Morgan fingerprint density at radius 3 is 2.54 bits per heavy atom. The van der Waals surface area contributed by atoms with Gasteiger partial charge in [0, 0.05) is 23.8 Å². The Hall–Kier alpha value is -0.760. The van der Waals surface area contributed by atoms with E-state index in [2.05, 4.69) is 0 Å². The maximum absolute atomic E-state index is 12.9. The molecule has 3 heteroatoms. The first-order valence-corrected chi connectivity index (χ1v) is 4.78. The van der Waals surface area contributed by atoms with E-state index in [1.165, 1.54) is 0 Å². The molecule has 1 aliphatic rings. The zero-order valence-corrected chi connectivity index (χ0v) is 7.97. The Morgan fingerprint density at radius 1 is 1.31 bits per heavy atom. The smallest absolute Gasteiger partial charge is 0.119 e. The summed E-state index contributed by atoms with van der Waals surface area (Å²) in [6.07, 6.45) is -0.0292. The van der Waals surface area contributed by atoms with Crippen molar-refractivity contribution in [2.45, 2.75) is 12.6 Å². The fourth-order valence-electron chi connectivity index (χ4n) is 1.60. The van der Waals surface area contributed by atoms with Gasteiger partial charge in [-0.1, -0.05) is 11.6 Å². The summed E-state index contributed by atoms with van der Waals surface area (Å²) in [5.74, 6) is 0. The molecular formula is C10H11ClFN. The summed E-state index contributed by atoms with van der Waals surface area (Å²) < 4.78 is 12.9. The molecule has 0 saturated carbocycles. The molecule has 0 spiro atoms. The van der Waals surface area contributed by atoms with Crippen LogP contribution in [0.1, 0.15) is 6.42 Å². The standard InChI is InChI=1S/C10H11ClFN/c11-8-1-3-10(4-2-8)13-6-5-9(12)7-13/h1-4,9H,5-7H2/t9-/m0/s1. The number of hydrogen-bond donors (Lipinski definition) is 0. The van der Waals surface area contributed by atoms with Crippen LogP contribution in [0.2, 0.25) is 5.02 Å². The van der Waals surface area contributed by atoms with Crippen molar-refractivity contribution < 1.29 is 4.39 Å². The summed E-state index contributed by atoms with van der Waals surface area (Å²) in [4.78, 5) is 2.04. The van der Waals surface area contributed by atoms with Gasteiger partial charge in [0.1, 0.15) is 6.17 Å². The average Bonchev–Trinajstić information content (AvgIpc) is 2.53. The van der Waals surface area contributed by atoms with Gasteiger partial charge in [0.05, 0.1) is 0 Å². The molecule has 0 aromatic heterocycles. The van der Waals surface area contributed by atoms with E-state index < -0.39 is 6.17 Å². The Bertz CT molecular complexity index is 285. The van der Waals surface area contributed by atoms with Crippen LogP contribution < -0.4 is 4.90 Å². The molecule has 1 aromatic rings. The molecule has 1 aliphatic heterocycles. The van der Waals surface area contributed by atoms with Crippen molar-refractivity contribution in [3.8, 4) is 0 Å². The highest BCUT2D eigenvalue weighted by molar-refractivity contribution is 6.30. The first-order valence-electron chi connectivity index (χ1n) is 4.40. The fraction of sp³-hybridized carbons (Fsp3) is 0.400. The van der Waals surface area contributed by atoms with Crippen molar-refractivity contribution in [1.29, 1.82) is 0 Å². The third-order valence-electron chi connectivity index (χ3n) is 2.32. The third kappa shape index (κ3) is 1.94. The number of alkyl halides is 1. The highest BCUT2D eigenvalue weighted by atomic mass is 35.5. The second-order valence-electron chi connectivity index (χ2n) is 3.31. The van der Waals surface area contributed by atoms with E-state index in [4.69, 9.17) is 11.6 Å². The van der Waals surface area contributed by atoms with Crippen LogP contribution in [0.25, 0.3) is 0 Å². The normalized spacial score (nSPS) is 22.3. The predicted molar refractivity (Wildman–Crippen MR) is 53.2 cm³/mol. The Morgan fingerprint density at radius 2 is 2.00 bits per heavy atom. The van der Waals surface area contributed by atoms with Crippen LogP contribution in [0.5, 0.6) is 0 Å². The van der Waals surface area contributed by atoms with E-state index in [0.29, 0.717) is 13.0 Å². The van der Waals surface area contributed by atoms with E-state index in [1.807, 2.05) is 29.2 Å². The van der Waals surface area contributed by atoms with Crippen LogP contribution in [-0.2, 0) is 0 Å². The molecule has 1 heterocycles. The summed E-state index contributed by atoms with van der Waals surface area (Å²) in [5, 5.41) is 0.722. The first-order chi connectivity index (χ1) is 6.25. The lowest BCUT2D eigenvalue weighted by Crippen LogP contribution is -2.19. The fourth-order valence-corrected chi connectivity index (χ4v) is 1.73. The Balaban J connectivity index is 2.13. The molecule has 1 saturated heterocycles. The minimum Gasteiger partial charge on any atom is -0.369 e. The zero-order valence-electron chi connectivity index (χ0n) is 7.21. The highest BCUT2D eigenvalue weighted by Crippen LogP contribution is 2.23. The lowest BCUT2D eigenvalue weighted by Gasteiger charge is -2.17. The molecule has 0 radical (unpaired) electrons. The van der Waals surface area contributed by atoms with Gasteiger partial charge in [-0.15, -0.1) is 0 Å². The van der Waals surface area contributed by atoms with Gasteiger partial charge in [-0.05, 0) is 30.7 Å². The predicted octanol–water partition coefficient (Wildman–Crippen LogP) is 2.89. The van der Waals surface area contributed by atoms with Crippen LogP contribution in [-0.4, -0.2) is 19.3 Å². The van der Waals surface area contributed by atoms with E-state index >= 15 is 0 Å². The Labute approximate surface area is 82.1 Å². The number of hydrogen-bond acceptors (Lipinski definition) is 1. The minimum absolute atomic E-state index is 0.516. The molecule has 0 amide bonds. The lowest BCUT2D eigenvalue weighted by molar-refractivity contribution is 0.364. The topological polar surface area (TPSA) is 3.24 Å². The molecule has 1 nitrogen and oxygen atoms in total. The van der Waals surface area contributed by atoms with Crippen LogP contribution in [0.4, 0.5) is 10.1 Å². The van der Waals surface area contributed by atoms with Gasteiger partial charge in [0.25, 0.3) is 0 Å². The van der Waals surface area contributed by atoms with Crippen molar-refractivity contribution in [2.24, 2.45) is 0 Å². The van der Waals surface area contributed by atoms with Crippen molar-refractivity contribution in [2.75, 3.05) is 18.0 Å². The SMILES string of the molecule is F[C@H]1CCN(c2ccc(Cl)cc2)C1. The summed E-state index contributed by atoms with van der Waals surface area (Å²) in [7, 11) is 0. The molecule has 1 aromatic carbocycles. The number of halogens is 2. The molecule has 1 atom stereocenters. The largest absolute Gasteiger partial charge is 0.369 e. The molecule has 13 heavy (non-hydrogen) atoms. The molecule has 0 bridgehead atoms. The van der Waals surface area contributed by atoms with Gasteiger partial charge in [0.2, 0.25) is 0 Å². The van der Waals surface area contributed by atoms with Gasteiger partial charge in [0.15, 0.2) is 0 Å². The molecule has 0 unspecified atom stereocenters. The molecule has 70 valence electrons. The van der Waals surface area contributed by atoms with Gasteiger partial charge < -0.3 is 4.90 Å². The van der Waals surface area contributed by atoms with Crippen molar-refractivity contribution >= 4 is 17.3 Å². The molecule has 0 aliphatic carbocycles. The number of anilines is 1. The third-order valence-corrected chi connectivity index (χ3v) is 2.57. The van der Waals surface area contributed by atoms with Crippen molar-refractivity contribution in [3.63, 3.8) is 0 Å². The maximum atomic E-state index is 12.9. The van der Waals surface area contributed by atoms with E-state index in [1.54, 1.807) is 0 Å².